The fraction of sp³-hybridized carbons (Fsp3) is 0. The minimum absolute atomic E-state index is 0. The molecule has 1 aromatic heterocycles. The third-order valence-corrected chi connectivity index (χ3v) is 4.38. The second-order valence-corrected chi connectivity index (χ2v) is 6.91. The van der Waals surface area contributed by atoms with E-state index in [4.69, 9.17) is 10.7 Å². The van der Waals surface area contributed by atoms with Gasteiger partial charge < -0.3 is 0 Å². The van der Waals surface area contributed by atoms with Gasteiger partial charge in [-0.15, -0.1) is 12.4 Å². The number of hydrogen-bond donors (Lipinski definition) is 0. The first-order valence-electron chi connectivity index (χ1n) is 4.68. The van der Waals surface area contributed by atoms with Crippen molar-refractivity contribution in [1.82, 2.24) is 4.98 Å². The Kier molecular flexibility index (Phi) is 5.47. The average Bonchev–Trinajstić information content (AvgIpc) is 2.30. The molecule has 0 saturated carbocycles. The molecule has 0 fully saturated rings. The fourth-order valence-electron chi connectivity index (χ4n) is 1.21. The Labute approximate surface area is 120 Å². The highest BCUT2D eigenvalue weighted by Gasteiger charge is 2.09. The zero-order chi connectivity index (χ0) is 12.3. The lowest BCUT2D eigenvalue weighted by Gasteiger charge is -2.01. The number of pyridine rings is 1. The maximum Gasteiger partial charge on any atom is 0.261 e. The highest BCUT2D eigenvalue weighted by molar-refractivity contribution is 8.13. The SMILES string of the molecule is Cl.O=S(=O)(Cl)c1ccc(Sc2ccncc2)cc1. The Bertz CT molecular complexity index is 601. The van der Waals surface area contributed by atoms with Crippen LogP contribution in [0.5, 0.6) is 0 Å². The van der Waals surface area contributed by atoms with Gasteiger partial charge in [-0.2, -0.15) is 0 Å². The molecular formula is C11H9Cl2NO2S2. The number of halogens is 2. The molecule has 0 atom stereocenters. The van der Waals surface area contributed by atoms with Crippen molar-refractivity contribution in [2.24, 2.45) is 0 Å². The number of nitrogens with zero attached hydrogens (tertiary/aromatic N) is 1. The molecular weight excluding hydrogens is 313 g/mol. The van der Waals surface area contributed by atoms with E-state index in [1.165, 1.54) is 23.9 Å². The van der Waals surface area contributed by atoms with Crippen molar-refractivity contribution in [3.05, 3.63) is 48.8 Å². The summed E-state index contributed by atoms with van der Waals surface area (Å²) in [5.41, 5.74) is 0. The number of hydrogen-bond acceptors (Lipinski definition) is 4. The van der Waals surface area contributed by atoms with E-state index in [1.54, 1.807) is 24.5 Å². The highest BCUT2D eigenvalue weighted by Crippen LogP contribution is 2.28. The van der Waals surface area contributed by atoms with Crippen LogP contribution in [0.3, 0.4) is 0 Å². The quantitative estimate of drug-likeness (QED) is 0.810. The predicted octanol–water partition coefficient (Wildman–Crippen LogP) is 3.58. The summed E-state index contributed by atoms with van der Waals surface area (Å²) in [6.45, 7) is 0. The van der Waals surface area contributed by atoms with Crippen LogP contribution in [0.25, 0.3) is 0 Å². The molecule has 0 unspecified atom stereocenters. The normalized spacial score (nSPS) is 10.7. The zero-order valence-corrected chi connectivity index (χ0v) is 12.2. The molecule has 0 aliphatic rings. The second-order valence-electron chi connectivity index (χ2n) is 3.19. The van der Waals surface area contributed by atoms with Gasteiger partial charge >= 0.3 is 0 Å². The summed E-state index contributed by atoms with van der Waals surface area (Å²) in [7, 11) is 1.59. The Morgan fingerprint density at radius 3 is 1.94 bits per heavy atom. The minimum Gasteiger partial charge on any atom is -0.265 e. The van der Waals surface area contributed by atoms with Gasteiger partial charge in [0.2, 0.25) is 0 Å². The Hall–Kier alpha value is -0.750. The molecule has 18 heavy (non-hydrogen) atoms. The van der Waals surface area contributed by atoms with Crippen molar-refractivity contribution in [3.8, 4) is 0 Å². The predicted molar refractivity (Wildman–Crippen MR) is 75.1 cm³/mol. The third-order valence-electron chi connectivity index (χ3n) is 1.99. The van der Waals surface area contributed by atoms with Gasteiger partial charge in [0.15, 0.2) is 0 Å². The zero-order valence-electron chi connectivity index (χ0n) is 8.99. The summed E-state index contributed by atoms with van der Waals surface area (Å²) in [5, 5.41) is 0. The van der Waals surface area contributed by atoms with E-state index in [0.717, 1.165) is 9.79 Å². The maximum absolute atomic E-state index is 11.1. The second kappa shape index (κ2) is 6.43. The lowest BCUT2D eigenvalue weighted by atomic mass is 10.4. The first kappa shape index (κ1) is 15.3. The lowest BCUT2D eigenvalue weighted by Crippen LogP contribution is -1.89. The fourth-order valence-corrected chi connectivity index (χ4v) is 2.78. The van der Waals surface area contributed by atoms with E-state index in [1.807, 2.05) is 12.1 Å². The van der Waals surface area contributed by atoms with Crippen LogP contribution in [0.1, 0.15) is 0 Å². The molecule has 0 radical (unpaired) electrons. The Morgan fingerprint density at radius 2 is 1.44 bits per heavy atom. The van der Waals surface area contributed by atoms with Crippen molar-refractivity contribution in [2.45, 2.75) is 14.7 Å². The summed E-state index contributed by atoms with van der Waals surface area (Å²) in [4.78, 5) is 6.02. The topological polar surface area (TPSA) is 47.0 Å². The summed E-state index contributed by atoms with van der Waals surface area (Å²) < 4.78 is 22.1. The van der Waals surface area contributed by atoms with Gasteiger partial charge in [-0.05, 0) is 36.4 Å². The number of aromatic nitrogens is 1. The van der Waals surface area contributed by atoms with Crippen LogP contribution in [-0.4, -0.2) is 13.4 Å². The molecule has 3 nitrogen and oxygen atoms in total. The summed E-state index contributed by atoms with van der Waals surface area (Å²) in [6, 6.07) is 10.2. The van der Waals surface area contributed by atoms with E-state index in [2.05, 4.69) is 4.98 Å². The van der Waals surface area contributed by atoms with Crippen molar-refractivity contribution < 1.29 is 8.42 Å². The van der Waals surface area contributed by atoms with Gasteiger partial charge in [0.25, 0.3) is 9.05 Å². The molecule has 7 heteroatoms. The van der Waals surface area contributed by atoms with E-state index >= 15 is 0 Å². The molecule has 0 saturated heterocycles. The molecule has 0 bridgehead atoms. The summed E-state index contributed by atoms with van der Waals surface area (Å²) in [6.07, 6.45) is 3.42. The van der Waals surface area contributed by atoms with Gasteiger partial charge in [0, 0.05) is 32.9 Å². The first-order chi connectivity index (χ1) is 8.05. The number of rotatable bonds is 3. The highest BCUT2D eigenvalue weighted by atomic mass is 35.7. The van der Waals surface area contributed by atoms with Crippen molar-refractivity contribution >= 4 is 43.9 Å². The maximum atomic E-state index is 11.1. The first-order valence-corrected chi connectivity index (χ1v) is 7.81. The standard InChI is InChI=1S/C11H8ClNO2S2.ClH/c12-17(14,15)11-3-1-9(2-4-11)16-10-5-7-13-8-6-10;/h1-8H;1H. The van der Waals surface area contributed by atoms with Gasteiger partial charge in [-0.3, -0.25) is 4.98 Å². The molecule has 1 heterocycles. The molecule has 0 spiro atoms. The third kappa shape index (κ3) is 4.17. The largest absolute Gasteiger partial charge is 0.265 e. The van der Waals surface area contributed by atoms with E-state index < -0.39 is 9.05 Å². The van der Waals surface area contributed by atoms with Crippen LogP contribution in [-0.2, 0) is 9.05 Å². The molecule has 0 N–H and O–H groups in total. The Balaban J connectivity index is 0.00000162. The Morgan fingerprint density at radius 1 is 0.944 bits per heavy atom. The van der Waals surface area contributed by atoms with Crippen molar-refractivity contribution in [2.75, 3.05) is 0 Å². The van der Waals surface area contributed by atoms with Crippen LogP contribution in [0.2, 0.25) is 0 Å². The molecule has 0 aliphatic heterocycles. The van der Waals surface area contributed by atoms with Crippen LogP contribution in [0.15, 0.2) is 63.5 Å². The minimum atomic E-state index is -3.64. The molecule has 2 rings (SSSR count). The average molecular weight is 322 g/mol. The monoisotopic (exact) mass is 321 g/mol. The van der Waals surface area contributed by atoms with Crippen molar-refractivity contribution in [3.63, 3.8) is 0 Å². The van der Waals surface area contributed by atoms with Crippen molar-refractivity contribution in [1.29, 1.82) is 0 Å². The molecule has 96 valence electrons. The van der Waals surface area contributed by atoms with Gasteiger partial charge in [-0.25, -0.2) is 8.42 Å². The van der Waals surface area contributed by atoms with Gasteiger partial charge in [0.1, 0.15) is 0 Å². The molecule has 0 amide bonds. The van der Waals surface area contributed by atoms with E-state index in [9.17, 15) is 8.42 Å². The van der Waals surface area contributed by atoms with Gasteiger partial charge in [-0.1, -0.05) is 11.8 Å². The summed E-state index contributed by atoms with van der Waals surface area (Å²) in [5.74, 6) is 0. The molecule has 1 aromatic carbocycles. The van der Waals surface area contributed by atoms with E-state index in [0.29, 0.717) is 0 Å². The number of benzene rings is 1. The van der Waals surface area contributed by atoms with Crippen LogP contribution < -0.4 is 0 Å². The smallest absolute Gasteiger partial charge is 0.261 e. The lowest BCUT2D eigenvalue weighted by molar-refractivity contribution is 0.609. The molecule has 2 aromatic rings. The van der Waals surface area contributed by atoms with Crippen LogP contribution >= 0.6 is 34.9 Å². The van der Waals surface area contributed by atoms with Crippen LogP contribution in [0.4, 0.5) is 0 Å². The molecule has 0 aliphatic carbocycles. The van der Waals surface area contributed by atoms with E-state index in [-0.39, 0.29) is 17.3 Å². The van der Waals surface area contributed by atoms with Crippen LogP contribution in [0, 0.1) is 0 Å². The van der Waals surface area contributed by atoms with Gasteiger partial charge in [0.05, 0.1) is 4.90 Å². The summed E-state index contributed by atoms with van der Waals surface area (Å²) >= 11 is 1.53.